The Morgan fingerprint density at radius 1 is 1.41 bits per heavy atom. The molecule has 5 heteroatoms. The van der Waals surface area contributed by atoms with E-state index in [9.17, 15) is 4.79 Å². The quantitative estimate of drug-likeness (QED) is 0.742. The minimum absolute atomic E-state index is 0.00417. The molecule has 1 amide bonds. The van der Waals surface area contributed by atoms with Crippen LogP contribution in [0.3, 0.4) is 0 Å². The first-order valence-electron chi connectivity index (χ1n) is 6.21. The number of nitrogens with zero attached hydrogens (tertiary/aromatic N) is 1. The molecular weight excluding hydrogens is 216 g/mol. The van der Waals surface area contributed by atoms with E-state index in [1.807, 2.05) is 13.8 Å². The summed E-state index contributed by atoms with van der Waals surface area (Å²) < 4.78 is 0. The van der Waals surface area contributed by atoms with E-state index in [0.29, 0.717) is 12.6 Å². The minimum atomic E-state index is 0.00417. The number of nitrogens with one attached hydrogen (secondary N) is 3. The fourth-order valence-corrected chi connectivity index (χ4v) is 2.29. The van der Waals surface area contributed by atoms with Crippen molar-refractivity contribution in [3.63, 3.8) is 0 Å². The molecule has 1 aromatic rings. The van der Waals surface area contributed by atoms with Crippen LogP contribution in [0.1, 0.15) is 37.1 Å². The fraction of sp³-hybridized carbons (Fsp3) is 0.667. The molecule has 94 valence electrons. The maximum Gasteiger partial charge on any atom is 0.238 e. The summed E-state index contributed by atoms with van der Waals surface area (Å²) in [5.74, 6) is 0.00417. The molecule has 3 N–H and O–H groups in total. The monoisotopic (exact) mass is 236 g/mol. The summed E-state index contributed by atoms with van der Waals surface area (Å²) in [6.45, 7) is 4.16. The molecule has 0 atom stereocenters. The third kappa shape index (κ3) is 3.06. The van der Waals surface area contributed by atoms with Gasteiger partial charge >= 0.3 is 0 Å². The molecule has 0 aromatic carbocycles. The third-order valence-corrected chi connectivity index (χ3v) is 3.30. The van der Waals surface area contributed by atoms with Gasteiger partial charge in [0.25, 0.3) is 0 Å². The summed E-state index contributed by atoms with van der Waals surface area (Å²) in [4.78, 5) is 11.8. The van der Waals surface area contributed by atoms with Gasteiger partial charge in [-0.05, 0) is 26.7 Å². The Labute approximate surface area is 101 Å². The van der Waals surface area contributed by atoms with Crippen LogP contribution in [-0.2, 0) is 4.79 Å². The second-order valence-electron chi connectivity index (χ2n) is 4.72. The van der Waals surface area contributed by atoms with Crippen molar-refractivity contribution in [2.45, 2.75) is 45.6 Å². The highest BCUT2D eigenvalue weighted by Gasteiger charge is 2.16. The molecular formula is C12H20N4O. The Bertz CT molecular complexity index is 374. The molecule has 1 saturated carbocycles. The number of amides is 1. The Morgan fingerprint density at radius 2 is 2.12 bits per heavy atom. The largest absolute Gasteiger partial charge is 0.322 e. The van der Waals surface area contributed by atoms with Crippen LogP contribution >= 0.6 is 0 Å². The molecule has 0 bridgehead atoms. The van der Waals surface area contributed by atoms with Gasteiger partial charge < -0.3 is 10.6 Å². The fourth-order valence-electron chi connectivity index (χ4n) is 2.29. The second-order valence-corrected chi connectivity index (χ2v) is 4.72. The molecule has 0 spiro atoms. The molecule has 0 radical (unpaired) electrons. The molecule has 1 heterocycles. The summed E-state index contributed by atoms with van der Waals surface area (Å²) in [7, 11) is 0. The molecule has 1 fully saturated rings. The lowest BCUT2D eigenvalue weighted by molar-refractivity contribution is -0.115. The number of H-pyrrole nitrogens is 1. The first-order chi connectivity index (χ1) is 8.16. The lowest BCUT2D eigenvalue weighted by Gasteiger charge is -2.11. The van der Waals surface area contributed by atoms with Crippen molar-refractivity contribution in [3.05, 3.63) is 11.4 Å². The van der Waals surface area contributed by atoms with Gasteiger partial charge in [0.1, 0.15) is 0 Å². The van der Waals surface area contributed by atoms with Crippen molar-refractivity contribution < 1.29 is 4.79 Å². The topological polar surface area (TPSA) is 69.8 Å². The zero-order valence-corrected chi connectivity index (χ0v) is 10.5. The summed E-state index contributed by atoms with van der Waals surface area (Å²) in [6, 6.07) is 0.521. The summed E-state index contributed by atoms with van der Waals surface area (Å²) in [5, 5.41) is 13.1. The predicted octanol–water partition coefficient (Wildman–Crippen LogP) is 1.50. The number of carbonyl (C=O) groups is 1. The van der Waals surface area contributed by atoms with Crippen LogP contribution in [0.4, 0.5) is 5.69 Å². The van der Waals surface area contributed by atoms with E-state index < -0.39 is 0 Å². The summed E-state index contributed by atoms with van der Waals surface area (Å²) in [6.07, 6.45) is 4.94. The molecule has 5 nitrogen and oxygen atoms in total. The van der Waals surface area contributed by atoms with Gasteiger partial charge in [0, 0.05) is 6.04 Å². The Hall–Kier alpha value is -1.36. The number of anilines is 1. The first-order valence-corrected chi connectivity index (χ1v) is 6.21. The van der Waals surface area contributed by atoms with Crippen LogP contribution in [0.2, 0.25) is 0 Å². The summed E-state index contributed by atoms with van der Waals surface area (Å²) >= 11 is 0. The Balaban J connectivity index is 1.80. The molecule has 0 aliphatic heterocycles. The number of hydrogen-bond acceptors (Lipinski definition) is 3. The van der Waals surface area contributed by atoms with Gasteiger partial charge in [0.2, 0.25) is 5.91 Å². The van der Waals surface area contributed by atoms with E-state index in [0.717, 1.165) is 17.1 Å². The standard InChI is InChI=1S/C12H20N4O/c1-8-12(9(2)16-15-8)14-11(17)7-13-10-5-3-4-6-10/h10,13H,3-7H2,1-2H3,(H,14,17)(H,15,16). The highest BCUT2D eigenvalue weighted by atomic mass is 16.1. The van der Waals surface area contributed by atoms with E-state index in [2.05, 4.69) is 20.8 Å². The smallest absolute Gasteiger partial charge is 0.238 e. The van der Waals surface area contributed by atoms with E-state index in [1.165, 1.54) is 25.7 Å². The van der Waals surface area contributed by atoms with Crippen molar-refractivity contribution >= 4 is 11.6 Å². The maximum absolute atomic E-state index is 11.8. The number of aromatic amines is 1. The molecule has 17 heavy (non-hydrogen) atoms. The number of carbonyl (C=O) groups excluding carboxylic acids is 1. The highest BCUT2D eigenvalue weighted by molar-refractivity contribution is 5.93. The van der Waals surface area contributed by atoms with Crippen LogP contribution in [0.25, 0.3) is 0 Å². The first kappa shape index (κ1) is 12.1. The minimum Gasteiger partial charge on any atom is -0.322 e. The predicted molar refractivity (Wildman–Crippen MR) is 67.0 cm³/mol. The lowest BCUT2D eigenvalue weighted by atomic mass is 10.2. The van der Waals surface area contributed by atoms with Gasteiger partial charge in [-0.3, -0.25) is 9.89 Å². The summed E-state index contributed by atoms with van der Waals surface area (Å²) in [5.41, 5.74) is 2.54. The molecule has 1 aliphatic carbocycles. The average Bonchev–Trinajstić information content (AvgIpc) is 2.91. The van der Waals surface area contributed by atoms with Crippen LogP contribution in [0.15, 0.2) is 0 Å². The Kier molecular flexibility index (Phi) is 3.78. The molecule has 1 aromatic heterocycles. The SMILES string of the molecule is Cc1n[nH]c(C)c1NC(=O)CNC1CCCC1. The number of hydrogen-bond donors (Lipinski definition) is 3. The second kappa shape index (κ2) is 5.31. The lowest BCUT2D eigenvalue weighted by Crippen LogP contribution is -2.34. The number of rotatable bonds is 4. The van der Waals surface area contributed by atoms with Gasteiger partial charge in [-0.1, -0.05) is 12.8 Å². The van der Waals surface area contributed by atoms with Crippen LogP contribution < -0.4 is 10.6 Å². The van der Waals surface area contributed by atoms with Crippen molar-refractivity contribution in [2.24, 2.45) is 0 Å². The highest BCUT2D eigenvalue weighted by Crippen LogP contribution is 2.18. The van der Waals surface area contributed by atoms with Crippen molar-refractivity contribution in [3.8, 4) is 0 Å². The van der Waals surface area contributed by atoms with Crippen molar-refractivity contribution in [2.75, 3.05) is 11.9 Å². The molecule has 0 saturated heterocycles. The van der Waals surface area contributed by atoms with Gasteiger partial charge in [-0.2, -0.15) is 5.10 Å². The van der Waals surface area contributed by atoms with E-state index in [4.69, 9.17) is 0 Å². The molecule has 2 rings (SSSR count). The van der Waals surface area contributed by atoms with Gasteiger partial charge in [0.05, 0.1) is 23.6 Å². The Morgan fingerprint density at radius 3 is 2.71 bits per heavy atom. The molecule has 0 unspecified atom stereocenters. The maximum atomic E-state index is 11.8. The van der Waals surface area contributed by atoms with Crippen LogP contribution in [-0.4, -0.2) is 28.7 Å². The van der Waals surface area contributed by atoms with Crippen LogP contribution in [0, 0.1) is 13.8 Å². The van der Waals surface area contributed by atoms with Crippen LogP contribution in [0.5, 0.6) is 0 Å². The van der Waals surface area contributed by atoms with Crippen molar-refractivity contribution in [1.82, 2.24) is 15.5 Å². The number of aryl methyl sites for hydroxylation is 2. The van der Waals surface area contributed by atoms with E-state index >= 15 is 0 Å². The normalized spacial score (nSPS) is 16.4. The number of aromatic nitrogens is 2. The van der Waals surface area contributed by atoms with Gasteiger partial charge in [0.15, 0.2) is 0 Å². The van der Waals surface area contributed by atoms with E-state index in [-0.39, 0.29) is 5.91 Å². The zero-order chi connectivity index (χ0) is 12.3. The van der Waals surface area contributed by atoms with Crippen molar-refractivity contribution in [1.29, 1.82) is 0 Å². The van der Waals surface area contributed by atoms with E-state index in [1.54, 1.807) is 0 Å². The van der Waals surface area contributed by atoms with Gasteiger partial charge in [-0.25, -0.2) is 0 Å². The zero-order valence-electron chi connectivity index (χ0n) is 10.5. The van der Waals surface area contributed by atoms with Gasteiger partial charge in [-0.15, -0.1) is 0 Å². The third-order valence-electron chi connectivity index (χ3n) is 3.30. The molecule has 1 aliphatic rings. The average molecular weight is 236 g/mol.